The number of nitrogens with zero attached hydrogens (tertiary/aromatic N) is 2. The van der Waals surface area contributed by atoms with Gasteiger partial charge in [0.15, 0.2) is 6.61 Å². The van der Waals surface area contributed by atoms with E-state index >= 15 is 0 Å². The Labute approximate surface area is 117 Å². The van der Waals surface area contributed by atoms with Gasteiger partial charge in [0.05, 0.1) is 6.10 Å². The monoisotopic (exact) mass is 274 g/mol. The summed E-state index contributed by atoms with van der Waals surface area (Å²) in [5.41, 5.74) is 1.85. The topological polar surface area (TPSA) is 68.4 Å². The van der Waals surface area contributed by atoms with Gasteiger partial charge in [0.25, 0.3) is 0 Å². The van der Waals surface area contributed by atoms with Gasteiger partial charge in [0.2, 0.25) is 11.7 Å². The van der Waals surface area contributed by atoms with E-state index in [2.05, 4.69) is 10.1 Å². The number of hydrogen-bond donors (Lipinski definition) is 1. The van der Waals surface area contributed by atoms with Crippen molar-refractivity contribution in [1.29, 1.82) is 0 Å². The number of aliphatic hydroxyl groups excluding tert-OH is 1. The Morgan fingerprint density at radius 1 is 1.45 bits per heavy atom. The van der Waals surface area contributed by atoms with Crippen molar-refractivity contribution >= 4 is 0 Å². The number of ether oxygens (including phenoxy) is 1. The van der Waals surface area contributed by atoms with Crippen LogP contribution in [0.3, 0.4) is 0 Å². The third kappa shape index (κ3) is 2.82. The van der Waals surface area contributed by atoms with Gasteiger partial charge >= 0.3 is 0 Å². The molecule has 1 aromatic carbocycles. The lowest BCUT2D eigenvalue weighted by atomic mass is 10.1. The molecular weight excluding hydrogens is 256 g/mol. The molecule has 1 saturated carbocycles. The summed E-state index contributed by atoms with van der Waals surface area (Å²) in [7, 11) is 0. The van der Waals surface area contributed by atoms with Crippen LogP contribution in [0.15, 0.2) is 22.7 Å². The Balaban J connectivity index is 1.71. The fourth-order valence-corrected chi connectivity index (χ4v) is 2.08. The summed E-state index contributed by atoms with van der Waals surface area (Å²) in [4.78, 5) is 4.32. The summed E-state index contributed by atoms with van der Waals surface area (Å²) in [5.74, 6) is 2.37. The van der Waals surface area contributed by atoms with E-state index < -0.39 is 6.10 Å². The first-order valence-electron chi connectivity index (χ1n) is 6.87. The maximum atomic E-state index is 9.75. The van der Waals surface area contributed by atoms with Crippen molar-refractivity contribution < 1.29 is 14.4 Å². The third-order valence-corrected chi connectivity index (χ3v) is 3.39. The van der Waals surface area contributed by atoms with Gasteiger partial charge in [-0.05, 0) is 38.3 Å². The quantitative estimate of drug-likeness (QED) is 0.908. The predicted octanol–water partition coefficient (Wildman–Crippen LogP) is 2.89. The number of aliphatic hydroxyl groups is 1. The second-order valence-corrected chi connectivity index (χ2v) is 5.33. The van der Waals surface area contributed by atoms with Crippen molar-refractivity contribution in [2.45, 2.75) is 45.3 Å². The van der Waals surface area contributed by atoms with Crippen LogP contribution in [0.1, 0.15) is 54.6 Å². The van der Waals surface area contributed by atoms with Crippen LogP contribution >= 0.6 is 0 Å². The Bertz CT molecular complexity index is 603. The molecule has 1 aliphatic carbocycles. The van der Waals surface area contributed by atoms with E-state index in [1.54, 1.807) is 6.92 Å². The minimum absolute atomic E-state index is 0.249. The summed E-state index contributed by atoms with van der Waals surface area (Å²) < 4.78 is 10.9. The lowest BCUT2D eigenvalue weighted by Gasteiger charge is -2.13. The van der Waals surface area contributed by atoms with Crippen LogP contribution in [0.4, 0.5) is 0 Å². The van der Waals surface area contributed by atoms with Crippen LogP contribution in [-0.4, -0.2) is 15.2 Å². The second-order valence-electron chi connectivity index (χ2n) is 5.33. The number of aromatic nitrogens is 2. The van der Waals surface area contributed by atoms with Crippen LogP contribution in [-0.2, 0) is 6.61 Å². The molecular formula is C15H18N2O3. The molecule has 3 rings (SSSR count). The zero-order valence-electron chi connectivity index (χ0n) is 11.7. The number of rotatable bonds is 5. The fraction of sp³-hybridized carbons (Fsp3) is 0.467. The molecule has 0 radical (unpaired) electrons. The molecule has 0 aliphatic heterocycles. The molecule has 5 nitrogen and oxygen atoms in total. The normalized spacial score (nSPS) is 16.1. The van der Waals surface area contributed by atoms with Crippen LogP contribution in [0.2, 0.25) is 0 Å². The summed E-state index contributed by atoms with van der Waals surface area (Å²) >= 11 is 0. The Kier molecular flexibility index (Phi) is 3.44. The Hall–Kier alpha value is -1.88. The molecule has 0 bridgehead atoms. The summed E-state index contributed by atoms with van der Waals surface area (Å²) in [6.07, 6.45) is 1.69. The number of benzene rings is 1. The molecule has 106 valence electrons. The van der Waals surface area contributed by atoms with E-state index in [1.165, 1.54) is 0 Å². The van der Waals surface area contributed by atoms with Crippen LogP contribution in [0.5, 0.6) is 5.75 Å². The SMILES string of the molecule is Cc1ccc(C(C)O)c(OCc2noc(C3CC3)n2)c1. The minimum Gasteiger partial charge on any atom is -0.485 e. The van der Waals surface area contributed by atoms with Gasteiger partial charge < -0.3 is 14.4 Å². The smallest absolute Gasteiger partial charge is 0.229 e. The molecule has 1 N–H and O–H groups in total. The number of aryl methyl sites for hydroxylation is 1. The van der Waals surface area contributed by atoms with E-state index in [-0.39, 0.29) is 6.61 Å². The van der Waals surface area contributed by atoms with Crippen LogP contribution in [0, 0.1) is 6.92 Å². The van der Waals surface area contributed by atoms with Gasteiger partial charge in [-0.3, -0.25) is 0 Å². The third-order valence-electron chi connectivity index (χ3n) is 3.39. The van der Waals surface area contributed by atoms with Crippen molar-refractivity contribution in [3.63, 3.8) is 0 Å². The van der Waals surface area contributed by atoms with Crippen molar-refractivity contribution in [3.05, 3.63) is 41.0 Å². The maximum Gasteiger partial charge on any atom is 0.229 e. The van der Waals surface area contributed by atoms with Crippen molar-refractivity contribution in [1.82, 2.24) is 10.1 Å². The van der Waals surface area contributed by atoms with Crippen LogP contribution < -0.4 is 4.74 Å². The molecule has 0 spiro atoms. The van der Waals surface area contributed by atoms with Gasteiger partial charge in [-0.25, -0.2) is 0 Å². The average molecular weight is 274 g/mol. The lowest BCUT2D eigenvalue weighted by Crippen LogP contribution is -2.02. The summed E-state index contributed by atoms with van der Waals surface area (Å²) in [5, 5.41) is 13.7. The lowest BCUT2D eigenvalue weighted by molar-refractivity contribution is 0.189. The van der Waals surface area contributed by atoms with Gasteiger partial charge in [-0.2, -0.15) is 4.98 Å². The first-order valence-corrected chi connectivity index (χ1v) is 6.87. The molecule has 0 amide bonds. The van der Waals surface area contributed by atoms with Crippen molar-refractivity contribution in [3.8, 4) is 5.75 Å². The number of hydrogen-bond acceptors (Lipinski definition) is 5. The van der Waals surface area contributed by atoms with Gasteiger partial charge in [-0.15, -0.1) is 0 Å². The standard InChI is InChI=1S/C15H18N2O3/c1-9-3-6-12(10(2)18)13(7-9)19-8-14-16-15(20-17-14)11-4-5-11/h3,6-7,10-11,18H,4-5,8H2,1-2H3. The van der Waals surface area contributed by atoms with E-state index in [0.717, 1.165) is 24.0 Å². The first-order chi connectivity index (χ1) is 9.63. The highest BCUT2D eigenvalue weighted by molar-refractivity contribution is 5.38. The second kappa shape index (κ2) is 5.25. The average Bonchev–Trinajstić information content (AvgIpc) is 3.15. The zero-order valence-corrected chi connectivity index (χ0v) is 11.7. The molecule has 1 fully saturated rings. The molecule has 1 unspecified atom stereocenters. The van der Waals surface area contributed by atoms with E-state index in [4.69, 9.17) is 9.26 Å². The molecule has 1 atom stereocenters. The van der Waals surface area contributed by atoms with Crippen molar-refractivity contribution in [2.75, 3.05) is 0 Å². The Morgan fingerprint density at radius 3 is 2.95 bits per heavy atom. The Morgan fingerprint density at radius 2 is 2.25 bits per heavy atom. The largest absolute Gasteiger partial charge is 0.485 e. The fourth-order valence-electron chi connectivity index (χ4n) is 2.08. The highest BCUT2D eigenvalue weighted by Crippen LogP contribution is 2.38. The van der Waals surface area contributed by atoms with E-state index in [0.29, 0.717) is 23.4 Å². The summed E-state index contributed by atoms with van der Waals surface area (Å²) in [6.45, 7) is 3.95. The zero-order chi connectivity index (χ0) is 14.1. The van der Waals surface area contributed by atoms with Gasteiger partial charge in [-0.1, -0.05) is 17.3 Å². The molecule has 1 aliphatic rings. The molecule has 5 heteroatoms. The molecule has 1 heterocycles. The van der Waals surface area contributed by atoms with Crippen LogP contribution in [0.25, 0.3) is 0 Å². The molecule has 2 aromatic rings. The molecule has 1 aromatic heterocycles. The summed E-state index contributed by atoms with van der Waals surface area (Å²) in [6, 6.07) is 5.74. The maximum absolute atomic E-state index is 9.75. The van der Waals surface area contributed by atoms with E-state index in [1.807, 2.05) is 25.1 Å². The van der Waals surface area contributed by atoms with Crippen molar-refractivity contribution in [2.24, 2.45) is 0 Å². The van der Waals surface area contributed by atoms with Gasteiger partial charge in [0, 0.05) is 11.5 Å². The minimum atomic E-state index is -0.571. The molecule has 20 heavy (non-hydrogen) atoms. The predicted molar refractivity (Wildman–Crippen MR) is 72.4 cm³/mol. The highest BCUT2D eigenvalue weighted by atomic mass is 16.5. The molecule has 0 saturated heterocycles. The van der Waals surface area contributed by atoms with Gasteiger partial charge in [0.1, 0.15) is 5.75 Å². The highest BCUT2D eigenvalue weighted by Gasteiger charge is 2.29. The first kappa shape index (κ1) is 13.1. The van der Waals surface area contributed by atoms with E-state index in [9.17, 15) is 5.11 Å².